The van der Waals surface area contributed by atoms with E-state index >= 15 is 0 Å². The quantitative estimate of drug-likeness (QED) is 0.330. The smallest absolute Gasteiger partial charge is 0.143 e. The van der Waals surface area contributed by atoms with Gasteiger partial charge in [-0.2, -0.15) is 0 Å². The number of aromatic hydroxyl groups is 1. The molecule has 1 N–H and O–H groups in total. The molecule has 6 aromatic rings. The summed E-state index contributed by atoms with van der Waals surface area (Å²) in [4.78, 5) is 0. The van der Waals surface area contributed by atoms with Crippen LogP contribution in [-0.4, -0.2) is 5.11 Å². The molecule has 0 amide bonds. The SMILES string of the molecule is Oc1cc(-c2cccc3c2oc2ccccc23)cc2sc3ccccc3c12. The Labute approximate surface area is 158 Å². The van der Waals surface area contributed by atoms with Crippen molar-refractivity contribution < 1.29 is 9.52 Å². The van der Waals surface area contributed by atoms with Crippen LogP contribution < -0.4 is 0 Å². The molecule has 0 fully saturated rings. The molecule has 0 unspecified atom stereocenters. The molecule has 0 spiro atoms. The lowest BCUT2D eigenvalue weighted by Gasteiger charge is -2.05. The normalized spacial score (nSPS) is 11.9. The zero-order valence-corrected chi connectivity index (χ0v) is 15.1. The van der Waals surface area contributed by atoms with E-state index in [-0.39, 0.29) is 0 Å². The minimum Gasteiger partial charge on any atom is -0.507 e. The predicted molar refractivity (Wildman–Crippen MR) is 114 cm³/mol. The molecule has 0 saturated carbocycles. The van der Waals surface area contributed by atoms with Crippen LogP contribution in [0.4, 0.5) is 0 Å². The van der Waals surface area contributed by atoms with Gasteiger partial charge in [-0.05, 0) is 29.8 Å². The van der Waals surface area contributed by atoms with Gasteiger partial charge in [0.05, 0.1) is 0 Å². The van der Waals surface area contributed by atoms with Crippen LogP contribution in [0.25, 0.3) is 53.2 Å². The topological polar surface area (TPSA) is 33.4 Å². The number of fused-ring (bicyclic) bond motifs is 6. The molecule has 2 heterocycles. The molecular formula is C24H14O2S. The number of benzene rings is 4. The van der Waals surface area contributed by atoms with E-state index in [0.29, 0.717) is 5.75 Å². The first-order valence-electron chi connectivity index (χ1n) is 8.84. The second-order valence-corrected chi connectivity index (χ2v) is 7.83. The maximum absolute atomic E-state index is 10.8. The van der Waals surface area contributed by atoms with Crippen molar-refractivity contribution in [1.82, 2.24) is 0 Å². The average molecular weight is 366 g/mol. The van der Waals surface area contributed by atoms with Gasteiger partial charge in [0.1, 0.15) is 16.9 Å². The highest BCUT2D eigenvalue weighted by atomic mass is 32.1. The molecule has 0 bridgehead atoms. The van der Waals surface area contributed by atoms with Gasteiger partial charge in [-0.1, -0.05) is 54.6 Å². The fraction of sp³-hybridized carbons (Fsp3) is 0. The summed E-state index contributed by atoms with van der Waals surface area (Å²) in [5.41, 5.74) is 3.71. The van der Waals surface area contributed by atoms with Crippen LogP contribution in [-0.2, 0) is 0 Å². The van der Waals surface area contributed by atoms with E-state index in [1.165, 1.54) is 4.70 Å². The third kappa shape index (κ3) is 2.06. The van der Waals surface area contributed by atoms with Gasteiger partial charge in [-0.3, -0.25) is 0 Å². The Kier molecular flexibility index (Phi) is 2.94. The first-order chi connectivity index (χ1) is 13.3. The summed E-state index contributed by atoms with van der Waals surface area (Å²) >= 11 is 1.70. The standard InChI is InChI=1S/C24H14O2S/c25-19-12-14(13-22-23(19)18-7-2-4-11-21(18)27-22)15-8-5-9-17-16-6-1-3-10-20(16)26-24(15)17/h1-13,25H. The number of hydrogen-bond donors (Lipinski definition) is 1. The Morgan fingerprint density at radius 2 is 1.48 bits per heavy atom. The first kappa shape index (κ1) is 14.8. The Balaban J connectivity index is 1.69. The van der Waals surface area contributed by atoms with E-state index in [4.69, 9.17) is 4.42 Å². The van der Waals surface area contributed by atoms with Crippen molar-refractivity contribution in [1.29, 1.82) is 0 Å². The monoisotopic (exact) mass is 366 g/mol. The van der Waals surface area contributed by atoms with E-state index in [0.717, 1.165) is 48.5 Å². The lowest BCUT2D eigenvalue weighted by atomic mass is 10.0. The summed E-state index contributed by atoms with van der Waals surface area (Å²) in [6.45, 7) is 0. The van der Waals surface area contributed by atoms with E-state index < -0.39 is 0 Å². The van der Waals surface area contributed by atoms with Crippen molar-refractivity contribution in [3.63, 3.8) is 0 Å². The predicted octanol–water partition coefficient (Wildman–Crippen LogP) is 7.33. The van der Waals surface area contributed by atoms with Crippen LogP contribution in [0.15, 0.2) is 83.3 Å². The maximum atomic E-state index is 10.8. The van der Waals surface area contributed by atoms with Gasteiger partial charge in [-0.25, -0.2) is 0 Å². The molecule has 2 aromatic heterocycles. The summed E-state index contributed by atoms with van der Waals surface area (Å²) in [5, 5.41) is 15.0. The second-order valence-electron chi connectivity index (χ2n) is 6.75. The van der Waals surface area contributed by atoms with E-state index in [9.17, 15) is 5.11 Å². The Hall–Kier alpha value is -3.30. The van der Waals surface area contributed by atoms with E-state index in [2.05, 4.69) is 36.4 Å². The summed E-state index contributed by atoms with van der Waals surface area (Å²) in [6, 6.07) is 26.5. The summed E-state index contributed by atoms with van der Waals surface area (Å²) in [6.07, 6.45) is 0. The fourth-order valence-electron chi connectivity index (χ4n) is 3.96. The summed E-state index contributed by atoms with van der Waals surface area (Å²) < 4.78 is 8.44. The average Bonchev–Trinajstić information content (AvgIpc) is 3.26. The van der Waals surface area contributed by atoms with Crippen molar-refractivity contribution in [3.05, 3.63) is 78.9 Å². The lowest BCUT2D eigenvalue weighted by molar-refractivity contribution is 0.482. The molecular weight excluding hydrogens is 352 g/mol. The zero-order chi connectivity index (χ0) is 18.0. The van der Waals surface area contributed by atoms with Gasteiger partial charge in [0.2, 0.25) is 0 Å². The number of rotatable bonds is 1. The minimum atomic E-state index is 0.313. The second kappa shape index (κ2) is 5.35. The first-order valence-corrected chi connectivity index (χ1v) is 9.66. The molecule has 27 heavy (non-hydrogen) atoms. The summed E-state index contributed by atoms with van der Waals surface area (Å²) in [7, 11) is 0. The molecule has 0 aliphatic carbocycles. The highest BCUT2D eigenvalue weighted by molar-refractivity contribution is 7.25. The molecule has 0 aliphatic rings. The van der Waals surface area contributed by atoms with Gasteiger partial charge in [-0.15, -0.1) is 11.3 Å². The van der Waals surface area contributed by atoms with Gasteiger partial charge < -0.3 is 9.52 Å². The van der Waals surface area contributed by atoms with Crippen molar-refractivity contribution in [2.45, 2.75) is 0 Å². The third-order valence-electron chi connectivity index (χ3n) is 5.17. The fourth-order valence-corrected chi connectivity index (χ4v) is 5.13. The van der Waals surface area contributed by atoms with Crippen molar-refractivity contribution in [3.8, 4) is 16.9 Å². The molecule has 4 aromatic carbocycles. The van der Waals surface area contributed by atoms with Crippen LogP contribution in [0.5, 0.6) is 5.75 Å². The van der Waals surface area contributed by atoms with Crippen LogP contribution in [0.1, 0.15) is 0 Å². The van der Waals surface area contributed by atoms with Crippen molar-refractivity contribution >= 4 is 53.4 Å². The van der Waals surface area contributed by atoms with Crippen molar-refractivity contribution in [2.24, 2.45) is 0 Å². The highest BCUT2D eigenvalue weighted by Crippen LogP contribution is 2.43. The van der Waals surface area contributed by atoms with Gasteiger partial charge in [0.15, 0.2) is 0 Å². The number of para-hydroxylation sites is 2. The third-order valence-corrected chi connectivity index (χ3v) is 6.29. The zero-order valence-electron chi connectivity index (χ0n) is 14.3. The number of hydrogen-bond acceptors (Lipinski definition) is 3. The summed E-state index contributed by atoms with van der Waals surface area (Å²) in [5.74, 6) is 0.313. The molecule has 0 saturated heterocycles. The van der Waals surface area contributed by atoms with E-state index in [1.54, 1.807) is 11.3 Å². The van der Waals surface area contributed by atoms with Gasteiger partial charge >= 0.3 is 0 Å². The molecule has 0 atom stereocenters. The minimum absolute atomic E-state index is 0.313. The van der Waals surface area contributed by atoms with Gasteiger partial charge in [0, 0.05) is 36.5 Å². The lowest BCUT2D eigenvalue weighted by Crippen LogP contribution is -1.80. The molecule has 2 nitrogen and oxygen atoms in total. The van der Waals surface area contributed by atoms with Crippen LogP contribution in [0, 0.1) is 0 Å². The van der Waals surface area contributed by atoms with Gasteiger partial charge in [0.25, 0.3) is 0 Å². The molecule has 6 rings (SSSR count). The van der Waals surface area contributed by atoms with Crippen molar-refractivity contribution in [2.75, 3.05) is 0 Å². The van der Waals surface area contributed by atoms with E-state index in [1.807, 2.05) is 42.5 Å². The molecule has 128 valence electrons. The highest BCUT2D eigenvalue weighted by Gasteiger charge is 2.15. The Bertz CT molecular complexity index is 1490. The number of thiophene rings is 1. The maximum Gasteiger partial charge on any atom is 0.143 e. The molecule has 3 heteroatoms. The number of phenols is 1. The van der Waals surface area contributed by atoms with Crippen LogP contribution >= 0.6 is 11.3 Å². The molecule has 0 radical (unpaired) electrons. The largest absolute Gasteiger partial charge is 0.507 e. The Morgan fingerprint density at radius 1 is 0.704 bits per heavy atom. The number of phenolic OH excluding ortho intramolecular Hbond substituents is 1. The molecule has 0 aliphatic heterocycles. The van der Waals surface area contributed by atoms with Crippen LogP contribution in [0.3, 0.4) is 0 Å². The van der Waals surface area contributed by atoms with Crippen LogP contribution in [0.2, 0.25) is 0 Å². The Morgan fingerprint density at radius 3 is 2.41 bits per heavy atom. The number of furan rings is 1.